The summed E-state index contributed by atoms with van der Waals surface area (Å²) in [6, 6.07) is 0. The molecule has 1 saturated heterocycles. The van der Waals surface area contributed by atoms with Crippen LogP contribution in [-0.2, 0) is 8.92 Å². The van der Waals surface area contributed by atoms with Gasteiger partial charge in [0.1, 0.15) is 5.60 Å². The van der Waals surface area contributed by atoms with Gasteiger partial charge in [-0.1, -0.05) is 31.4 Å². The van der Waals surface area contributed by atoms with E-state index in [9.17, 15) is 4.79 Å². The average Bonchev–Trinajstić information content (AvgIpc) is 2.86. The van der Waals surface area contributed by atoms with Crippen molar-refractivity contribution in [3.8, 4) is 0 Å². The maximum absolute atomic E-state index is 12.8. The van der Waals surface area contributed by atoms with E-state index >= 15 is 0 Å². The highest BCUT2D eigenvalue weighted by atomic mass is 32.2. The molecule has 1 aliphatic rings. The van der Waals surface area contributed by atoms with Gasteiger partial charge in [0.25, 0.3) is 0 Å². The monoisotopic (exact) mass is 381 g/mol. The smallest absolute Gasteiger partial charge is 0.410 e. The molecule has 0 aliphatic carbocycles. The first-order valence-corrected chi connectivity index (χ1v) is 10.4. The van der Waals surface area contributed by atoms with E-state index in [1.807, 2.05) is 44.1 Å². The summed E-state index contributed by atoms with van der Waals surface area (Å²) >= 11 is 1.40. The van der Waals surface area contributed by atoms with Gasteiger partial charge in [0.2, 0.25) is 0 Å². The van der Waals surface area contributed by atoms with Crippen molar-refractivity contribution in [1.82, 2.24) is 4.90 Å². The number of ether oxygens (including phenoxy) is 1. The van der Waals surface area contributed by atoms with Crippen molar-refractivity contribution in [1.29, 1.82) is 0 Å². The minimum absolute atomic E-state index is 0.232. The fourth-order valence-corrected chi connectivity index (χ4v) is 3.84. The maximum Gasteiger partial charge on any atom is 0.410 e. The molecule has 0 radical (unpaired) electrons. The third kappa shape index (κ3) is 7.20. The Kier molecular flexibility index (Phi) is 8.97. The fourth-order valence-electron chi connectivity index (χ4n) is 3.55. The van der Waals surface area contributed by atoms with Crippen LogP contribution in [0.2, 0.25) is 0 Å². The Morgan fingerprint density at radius 3 is 2.62 bits per heavy atom. The van der Waals surface area contributed by atoms with Crippen LogP contribution in [0.15, 0.2) is 37.0 Å². The van der Waals surface area contributed by atoms with Gasteiger partial charge in [0.15, 0.2) is 0 Å². The Balaban J connectivity index is 2.92. The summed E-state index contributed by atoms with van der Waals surface area (Å²) in [7, 11) is 0. The predicted molar refractivity (Wildman–Crippen MR) is 111 cm³/mol. The topological polar surface area (TPSA) is 38.8 Å². The fraction of sp³-hybridized carbons (Fsp3) is 0.667. The van der Waals surface area contributed by atoms with Gasteiger partial charge in [-0.2, -0.15) is 0 Å². The molecule has 0 aromatic carbocycles. The molecule has 0 aromatic rings. The number of hydrogen-bond donors (Lipinski definition) is 0. The van der Waals surface area contributed by atoms with Gasteiger partial charge in [-0.25, -0.2) is 4.79 Å². The molecule has 1 rings (SSSR count). The summed E-state index contributed by atoms with van der Waals surface area (Å²) in [6.07, 6.45) is 11.0. The SMILES string of the molecule is C=C/C=C(\C=C)CC1(C)CC(CCCOSC)CN1C(=O)OC(C)(C)C. The Hall–Kier alpha value is -1.20. The number of hydrogen-bond acceptors (Lipinski definition) is 4. The van der Waals surface area contributed by atoms with E-state index in [1.54, 1.807) is 6.08 Å². The van der Waals surface area contributed by atoms with Gasteiger partial charge < -0.3 is 13.8 Å². The van der Waals surface area contributed by atoms with Crippen LogP contribution in [-0.4, -0.2) is 41.5 Å². The van der Waals surface area contributed by atoms with Crippen LogP contribution in [0, 0.1) is 5.92 Å². The van der Waals surface area contributed by atoms with Gasteiger partial charge in [0.05, 0.1) is 6.61 Å². The Labute approximate surface area is 163 Å². The standard InChI is InChI=1S/C21H35NO3S/c1-8-11-17(9-2)14-21(6)15-18(12-10-13-24-26-7)16-22(21)19(23)25-20(3,4)5/h8-9,11,18H,1-2,10,12-16H2,3-7H3/b17-11+. The molecule has 148 valence electrons. The number of rotatable bonds is 9. The van der Waals surface area contributed by atoms with Crippen molar-refractivity contribution in [2.24, 2.45) is 5.92 Å². The minimum atomic E-state index is -0.500. The maximum atomic E-state index is 12.8. The van der Waals surface area contributed by atoms with Gasteiger partial charge in [-0.05, 0) is 76.9 Å². The molecule has 0 aromatic heterocycles. The van der Waals surface area contributed by atoms with E-state index in [4.69, 9.17) is 8.92 Å². The highest BCUT2D eigenvalue weighted by Gasteiger charge is 2.45. The van der Waals surface area contributed by atoms with Crippen molar-refractivity contribution < 1.29 is 13.7 Å². The van der Waals surface area contributed by atoms with Crippen molar-refractivity contribution >= 4 is 18.1 Å². The molecule has 0 bridgehead atoms. The van der Waals surface area contributed by atoms with Gasteiger partial charge in [0, 0.05) is 18.3 Å². The highest BCUT2D eigenvalue weighted by Crippen LogP contribution is 2.40. The quantitative estimate of drug-likeness (QED) is 0.289. The molecule has 2 atom stereocenters. The van der Waals surface area contributed by atoms with E-state index < -0.39 is 5.60 Å². The molecular weight excluding hydrogens is 346 g/mol. The first-order valence-electron chi connectivity index (χ1n) is 9.25. The summed E-state index contributed by atoms with van der Waals surface area (Å²) in [5.41, 5.74) is 0.305. The molecule has 1 amide bonds. The summed E-state index contributed by atoms with van der Waals surface area (Å²) in [4.78, 5) is 14.8. The van der Waals surface area contributed by atoms with Crippen LogP contribution in [0.25, 0.3) is 0 Å². The van der Waals surface area contributed by atoms with Gasteiger partial charge in [-0.3, -0.25) is 0 Å². The molecule has 26 heavy (non-hydrogen) atoms. The van der Waals surface area contributed by atoms with Crippen molar-refractivity contribution in [3.63, 3.8) is 0 Å². The molecule has 0 saturated carbocycles. The predicted octanol–water partition coefficient (Wildman–Crippen LogP) is 5.77. The molecule has 1 heterocycles. The van der Waals surface area contributed by atoms with Crippen LogP contribution in [0.1, 0.15) is 53.4 Å². The number of allylic oxidation sites excluding steroid dienone is 3. The van der Waals surface area contributed by atoms with Crippen LogP contribution < -0.4 is 0 Å². The number of carbonyl (C=O) groups is 1. The van der Waals surface area contributed by atoms with E-state index in [2.05, 4.69) is 20.1 Å². The number of amides is 1. The summed E-state index contributed by atoms with van der Waals surface area (Å²) in [6.45, 7) is 17.0. The lowest BCUT2D eigenvalue weighted by molar-refractivity contribution is 0.0106. The summed E-state index contributed by atoms with van der Waals surface area (Å²) in [5.74, 6) is 0.452. The first kappa shape index (κ1) is 22.8. The van der Waals surface area contributed by atoms with Crippen molar-refractivity contribution in [2.75, 3.05) is 19.4 Å². The third-order valence-electron chi connectivity index (χ3n) is 4.57. The van der Waals surface area contributed by atoms with Gasteiger partial charge >= 0.3 is 6.09 Å². The van der Waals surface area contributed by atoms with E-state index in [1.165, 1.54) is 12.0 Å². The van der Waals surface area contributed by atoms with Crippen LogP contribution >= 0.6 is 12.0 Å². The minimum Gasteiger partial charge on any atom is -0.444 e. The number of nitrogens with zero attached hydrogens (tertiary/aromatic N) is 1. The Bertz CT molecular complexity index is 524. The van der Waals surface area contributed by atoms with E-state index in [0.717, 1.165) is 44.4 Å². The zero-order valence-electron chi connectivity index (χ0n) is 17.0. The molecule has 4 nitrogen and oxygen atoms in total. The molecular formula is C21H35NO3S. The first-order chi connectivity index (χ1) is 12.1. The van der Waals surface area contributed by atoms with Crippen molar-refractivity contribution in [2.45, 2.75) is 64.5 Å². The summed E-state index contributed by atoms with van der Waals surface area (Å²) < 4.78 is 11.1. The van der Waals surface area contributed by atoms with Gasteiger partial charge in [-0.15, -0.1) is 0 Å². The van der Waals surface area contributed by atoms with Crippen LogP contribution in [0.5, 0.6) is 0 Å². The zero-order valence-corrected chi connectivity index (χ0v) is 17.9. The van der Waals surface area contributed by atoms with Crippen molar-refractivity contribution in [3.05, 3.63) is 37.0 Å². The van der Waals surface area contributed by atoms with E-state index in [0.29, 0.717) is 5.92 Å². The second-order valence-corrected chi connectivity index (χ2v) is 8.72. The second-order valence-electron chi connectivity index (χ2n) is 8.15. The molecule has 2 unspecified atom stereocenters. The Morgan fingerprint density at radius 1 is 1.38 bits per heavy atom. The lowest BCUT2D eigenvalue weighted by atomic mass is 9.86. The third-order valence-corrected chi connectivity index (χ3v) is 4.97. The highest BCUT2D eigenvalue weighted by molar-refractivity contribution is 7.93. The summed E-state index contributed by atoms with van der Waals surface area (Å²) in [5, 5.41) is 0. The molecule has 1 aliphatic heterocycles. The lowest BCUT2D eigenvalue weighted by Gasteiger charge is -2.36. The van der Waals surface area contributed by atoms with Crippen LogP contribution in [0.4, 0.5) is 4.79 Å². The number of carbonyl (C=O) groups excluding carboxylic acids is 1. The largest absolute Gasteiger partial charge is 0.444 e. The average molecular weight is 382 g/mol. The Morgan fingerprint density at radius 2 is 2.08 bits per heavy atom. The molecule has 0 spiro atoms. The molecule has 0 N–H and O–H groups in total. The van der Waals surface area contributed by atoms with E-state index in [-0.39, 0.29) is 11.6 Å². The molecule has 5 heteroatoms. The lowest BCUT2D eigenvalue weighted by Crippen LogP contribution is -2.47. The number of likely N-dealkylation sites (tertiary alicyclic amines) is 1. The molecule has 1 fully saturated rings. The van der Waals surface area contributed by atoms with Crippen LogP contribution in [0.3, 0.4) is 0 Å². The second kappa shape index (κ2) is 10.2. The normalized spacial score (nSPS) is 23.8. The zero-order chi connectivity index (χ0) is 19.8.